The fraction of sp³-hybridized carbons (Fsp3) is 0.500. The summed E-state index contributed by atoms with van der Waals surface area (Å²) in [6.45, 7) is 4.41. The van der Waals surface area contributed by atoms with Gasteiger partial charge in [-0.3, -0.25) is 24.7 Å². The maximum Gasteiger partial charge on any atom is 0.255 e. The largest absolute Gasteiger partial charge is 0.510 e. The fourth-order valence-corrected chi connectivity index (χ4v) is 6.40. The number of benzene rings is 1. The van der Waals surface area contributed by atoms with E-state index >= 15 is 0 Å². The highest BCUT2D eigenvalue weighted by atomic mass is 16.3. The number of nitrogens with two attached hydrogens (primary N) is 1. The predicted octanol–water partition coefficient (Wildman–Crippen LogP) is 0.987. The normalized spacial score (nSPS) is 25.2. The highest BCUT2D eigenvalue weighted by Gasteiger charge is 2.63. The molecular formula is C28H37N7O7. The summed E-state index contributed by atoms with van der Waals surface area (Å²) in [4.78, 5) is 55.6. The number of nitrogens with one attached hydrogen (secondary N) is 3. The number of carbonyl (C=O) groups is 3. The van der Waals surface area contributed by atoms with Crippen molar-refractivity contribution in [2.45, 2.75) is 38.3 Å². The van der Waals surface area contributed by atoms with E-state index in [0.29, 0.717) is 17.8 Å². The molecule has 14 heteroatoms. The number of allylic oxidation sites excluding steroid dienone is 1. The van der Waals surface area contributed by atoms with Crippen LogP contribution in [0.4, 0.5) is 11.4 Å². The molecule has 4 atom stereocenters. The van der Waals surface area contributed by atoms with E-state index in [-0.39, 0.29) is 41.5 Å². The van der Waals surface area contributed by atoms with Crippen LogP contribution in [0.5, 0.6) is 5.75 Å². The van der Waals surface area contributed by atoms with Crippen LogP contribution in [-0.2, 0) is 16.0 Å². The molecule has 0 aliphatic heterocycles. The minimum Gasteiger partial charge on any atom is -0.510 e. The standard InChI is InChI=1S/C28H37N7O7/c1-11(2)10-31-27(30)32-15-9-16(34(3)4)13-7-12-8-14-20(35(5)6)23(38)19(26(29)40)25(39)28(14,41)24(33-42)17(12)22(37)18(13)21(15)36/h9,11-12,14,20,36,38,41H,7-8,10H2,1-6H3,(H2,29,40)(H3,30,31,32)/t12-,14-,20-,28-/m0/s1. The number of guanidine groups is 1. The number of Topliss-reactive ketones (excluding diaryl/α,β-unsaturated/α-hetero) is 2. The molecule has 1 aromatic carbocycles. The van der Waals surface area contributed by atoms with Crippen molar-refractivity contribution < 1.29 is 29.7 Å². The maximum atomic E-state index is 14.2. The van der Waals surface area contributed by atoms with Gasteiger partial charge >= 0.3 is 0 Å². The van der Waals surface area contributed by atoms with E-state index in [0.717, 1.165) is 0 Å². The number of aliphatic hydroxyl groups excluding tert-OH is 1. The lowest BCUT2D eigenvalue weighted by molar-refractivity contribution is -0.144. The Kier molecular flexibility index (Phi) is 7.91. The molecule has 0 heterocycles. The molecular weight excluding hydrogens is 546 g/mol. The molecule has 226 valence electrons. The smallest absolute Gasteiger partial charge is 0.255 e. The monoisotopic (exact) mass is 583 g/mol. The van der Waals surface area contributed by atoms with E-state index in [4.69, 9.17) is 11.1 Å². The molecule has 3 aliphatic carbocycles. The summed E-state index contributed by atoms with van der Waals surface area (Å²) in [6, 6.07) is 0.517. The van der Waals surface area contributed by atoms with E-state index in [1.165, 1.54) is 4.90 Å². The van der Waals surface area contributed by atoms with E-state index < -0.39 is 63.7 Å². The Balaban J connectivity index is 1.93. The highest BCUT2D eigenvalue weighted by Crippen LogP contribution is 2.54. The number of rotatable bonds is 7. The number of aromatic hydroxyl groups is 1. The van der Waals surface area contributed by atoms with Gasteiger partial charge in [0.05, 0.1) is 17.3 Å². The van der Waals surface area contributed by atoms with Gasteiger partial charge in [0.15, 0.2) is 23.1 Å². The lowest BCUT2D eigenvalue weighted by Crippen LogP contribution is -2.63. The molecule has 8 N–H and O–H groups in total. The summed E-state index contributed by atoms with van der Waals surface area (Å²) in [5, 5.41) is 51.0. The Bertz CT molecular complexity index is 1460. The first kappa shape index (κ1) is 30.7. The zero-order valence-electron chi connectivity index (χ0n) is 24.4. The van der Waals surface area contributed by atoms with Gasteiger partial charge < -0.3 is 36.6 Å². The number of aliphatic hydroxyl groups is 2. The van der Waals surface area contributed by atoms with Crippen molar-refractivity contribution in [1.82, 2.24) is 10.2 Å². The molecule has 0 unspecified atom stereocenters. The predicted molar refractivity (Wildman–Crippen MR) is 155 cm³/mol. The number of hydrogen-bond acceptors (Lipinski definition) is 11. The zero-order valence-corrected chi connectivity index (χ0v) is 24.4. The third-order valence-electron chi connectivity index (χ3n) is 8.22. The fourth-order valence-electron chi connectivity index (χ4n) is 6.40. The van der Waals surface area contributed by atoms with Crippen molar-refractivity contribution in [1.29, 1.82) is 5.41 Å². The van der Waals surface area contributed by atoms with Crippen LogP contribution in [0.25, 0.3) is 0 Å². The molecule has 0 spiro atoms. The molecule has 0 saturated carbocycles. The number of carbonyl (C=O) groups excluding carboxylic acids is 3. The first-order chi connectivity index (χ1) is 19.6. The number of fused-ring (bicyclic) bond motifs is 3. The van der Waals surface area contributed by atoms with Gasteiger partial charge in [-0.05, 0) is 55.6 Å². The number of likely N-dealkylation sites (N-methyl/N-ethyl adjacent to an activating group) is 1. The first-order valence-corrected chi connectivity index (χ1v) is 13.5. The van der Waals surface area contributed by atoms with Gasteiger partial charge in [0.1, 0.15) is 17.0 Å². The quantitative estimate of drug-likeness (QED) is 0.0788. The van der Waals surface area contributed by atoms with Gasteiger partial charge in [0, 0.05) is 37.8 Å². The van der Waals surface area contributed by atoms with E-state index in [9.17, 15) is 34.6 Å². The topological polar surface area (TPSA) is 222 Å². The van der Waals surface area contributed by atoms with Gasteiger partial charge in [-0.15, -0.1) is 4.91 Å². The Morgan fingerprint density at radius 1 is 1.24 bits per heavy atom. The summed E-state index contributed by atoms with van der Waals surface area (Å²) < 4.78 is 0. The van der Waals surface area contributed by atoms with Crippen molar-refractivity contribution in [2.24, 2.45) is 28.7 Å². The number of nitroso groups, excluding NO2 is 1. The van der Waals surface area contributed by atoms with Crippen molar-refractivity contribution in [3.63, 3.8) is 0 Å². The number of anilines is 2. The van der Waals surface area contributed by atoms with Gasteiger partial charge in [0.2, 0.25) is 5.78 Å². The number of amides is 1. The number of primary amides is 1. The van der Waals surface area contributed by atoms with E-state index in [1.807, 2.05) is 13.8 Å². The van der Waals surface area contributed by atoms with E-state index in [2.05, 4.69) is 15.8 Å². The molecule has 1 aromatic rings. The van der Waals surface area contributed by atoms with Crippen molar-refractivity contribution in [3.8, 4) is 5.75 Å². The summed E-state index contributed by atoms with van der Waals surface area (Å²) in [5.74, 6) is -6.27. The number of nitrogens with zero attached hydrogens (tertiary/aromatic N) is 3. The number of phenolic OH excluding ortho intramolecular Hbond substituents is 1. The SMILES string of the molecule is CC(C)CNC(=N)Nc1cc(N(C)C)c2c(c1O)C(=O)C1=C(N=O)[C@]3(O)C(=O)C(C(N)=O)=C(O)[C@@H](N(C)C)[C@@H]3C[C@@H]1C2. The Morgan fingerprint density at radius 3 is 2.40 bits per heavy atom. The Labute approximate surface area is 242 Å². The van der Waals surface area contributed by atoms with Crippen LogP contribution in [-0.4, -0.2) is 90.0 Å². The minimum absolute atomic E-state index is 0.0296. The average molecular weight is 584 g/mol. The summed E-state index contributed by atoms with van der Waals surface area (Å²) in [6.07, 6.45) is 0.103. The first-order valence-electron chi connectivity index (χ1n) is 13.5. The molecule has 4 rings (SSSR count). The van der Waals surface area contributed by atoms with Crippen molar-refractivity contribution in [2.75, 3.05) is 45.0 Å². The van der Waals surface area contributed by atoms with Gasteiger partial charge in [-0.2, -0.15) is 0 Å². The molecule has 1 amide bonds. The highest BCUT2D eigenvalue weighted by molar-refractivity contribution is 6.25. The molecule has 0 radical (unpaired) electrons. The van der Waals surface area contributed by atoms with Crippen LogP contribution in [0, 0.1) is 28.1 Å². The maximum absolute atomic E-state index is 14.2. The minimum atomic E-state index is -2.73. The van der Waals surface area contributed by atoms with Crippen LogP contribution in [0.3, 0.4) is 0 Å². The van der Waals surface area contributed by atoms with Crippen LogP contribution in [0.1, 0.15) is 36.2 Å². The average Bonchev–Trinajstić information content (AvgIpc) is 2.88. The van der Waals surface area contributed by atoms with Gasteiger partial charge in [-0.1, -0.05) is 13.8 Å². The molecule has 3 aliphatic rings. The van der Waals surface area contributed by atoms with Crippen LogP contribution >= 0.6 is 0 Å². The summed E-state index contributed by atoms with van der Waals surface area (Å²) in [5.41, 5.74) is 1.72. The molecule has 14 nitrogen and oxygen atoms in total. The Hall–Kier alpha value is -4.30. The van der Waals surface area contributed by atoms with E-state index in [1.54, 1.807) is 39.2 Å². The molecule has 42 heavy (non-hydrogen) atoms. The molecule has 0 bridgehead atoms. The number of hydrogen-bond donors (Lipinski definition) is 7. The second-order valence-corrected chi connectivity index (χ2v) is 11.9. The van der Waals surface area contributed by atoms with Crippen LogP contribution in [0.15, 0.2) is 33.8 Å². The third-order valence-corrected chi connectivity index (χ3v) is 8.22. The van der Waals surface area contributed by atoms with Crippen molar-refractivity contribution in [3.05, 3.63) is 44.7 Å². The number of phenols is 1. The van der Waals surface area contributed by atoms with Gasteiger partial charge in [-0.25, -0.2) is 0 Å². The lowest BCUT2D eigenvalue weighted by Gasteiger charge is -2.50. The second kappa shape index (κ2) is 10.8. The van der Waals surface area contributed by atoms with Crippen molar-refractivity contribution >= 4 is 34.8 Å². The lowest BCUT2D eigenvalue weighted by atomic mass is 9.58. The zero-order chi connectivity index (χ0) is 31.4. The molecule has 0 fully saturated rings. The van der Waals surface area contributed by atoms with Gasteiger partial charge in [0.25, 0.3) is 5.91 Å². The summed E-state index contributed by atoms with van der Waals surface area (Å²) in [7, 11) is 6.63. The third kappa shape index (κ3) is 4.60. The summed E-state index contributed by atoms with van der Waals surface area (Å²) >= 11 is 0. The second-order valence-electron chi connectivity index (χ2n) is 11.9. The molecule has 0 aromatic heterocycles. The molecule has 0 saturated heterocycles. The Morgan fingerprint density at radius 2 is 1.88 bits per heavy atom. The van der Waals surface area contributed by atoms with Crippen LogP contribution < -0.4 is 21.3 Å². The van der Waals surface area contributed by atoms with Crippen LogP contribution in [0.2, 0.25) is 0 Å². The number of ketones is 2.